The fourth-order valence-corrected chi connectivity index (χ4v) is 4.80. The number of alkyl halides is 1. The molecule has 2 amide bonds. The van der Waals surface area contributed by atoms with E-state index < -0.39 is 51.8 Å². The Morgan fingerprint density at radius 3 is 2.30 bits per heavy atom. The third kappa shape index (κ3) is 5.14. The van der Waals surface area contributed by atoms with E-state index in [2.05, 4.69) is 4.72 Å². The van der Waals surface area contributed by atoms with Gasteiger partial charge in [-0.1, -0.05) is 30.3 Å². The van der Waals surface area contributed by atoms with E-state index in [1.54, 1.807) is 0 Å². The molecule has 1 saturated heterocycles. The van der Waals surface area contributed by atoms with Crippen molar-refractivity contribution in [3.63, 3.8) is 0 Å². The Hall–Kier alpha value is -2.66. The predicted molar refractivity (Wildman–Crippen MR) is 116 cm³/mol. The van der Waals surface area contributed by atoms with E-state index in [9.17, 15) is 26.4 Å². The lowest BCUT2D eigenvalue weighted by molar-refractivity contribution is 0.161. The number of hydrogen-bond donors (Lipinski definition) is 1. The predicted octanol–water partition coefficient (Wildman–Crippen LogP) is 3.33. The molecule has 0 saturated carbocycles. The minimum absolute atomic E-state index is 0.00696. The molecule has 6 nitrogen and oxygen atoms in total. The smallest absolute Gasteiger partial charge is 0.319 e. The van der Waals surface area contributed by atoms with Gasteiger partial charge in [0.05, 0.1) is 24.4 Å². The molecule has 0 spiro atoms. The first-order chi connectivity index (χ1) is 15.5. The van der Waals surface area contributed by atoms with Crippen molar-refractivity contribution in [2.75, 3.05) is 26.4 Å². The average Bonchev–Trinajstić information content (AvgIpc) is 3.06. The Kier molecular flexibility index (Phi) is 7.32. The second-order valence-electron chi connectivity index (χ2n) is 8.04. The molecule has 0 aromatic heterocycles. The van der Waals surface area contributed by atoms with Gasteiger partial charge in [0.25, 0.3) is 0 Å². The van der Waals surface area contributed by atoms with Crippen molar-refractivity contribution >= 4 is 16.1 Å². The summed E-state index contributed by atoms with van der Waals surface area (Å²) in [5.41, 5.74) is -0.475. The molecule has 11 heteroatoms. The number of sulfonamides is 1. The van der Waals surface area contributed by atoms with Gasteiger partial charge in [-0.25, -0.2) is 35.5 Å². The van der Waals surface area contributed by atoms with Gasteiger partial charge in [0.2, 0.25) is 10.0 Å². The Balaban J connectivity index is 2.03. The van der Waals surface area contributed by atoms with E-state index in [1.807, 2.05) is 0 Å². The van der Waals surface area contributed by atoms with Crippen LogP contribution < -0.4 is 4.72 Å². The summed E-state index contributed by atoms with van der Waals surface area (Å²) in [6, 6.07) is 4.58. The van der Waals surface area contributed by atoms with Gasteiger partial charge >= 0.3 is 6.03 Å². The molecule has 0 unspecified atom stereocenters. The lowest BCUT2D eigenvalue weighted by Gasteiger charge is -2.30. The summed E-state index contributed by atoms with van der Waals surface area (Å²) in [5.74, 6) is -3.51. The van der Waals surface area contributed by atoms with Crippen LogP contribution in [0.15, 0.2) is 36.4 Å². The number of benzene rings is 2. The van der Waals surface area contributed by atoms with Crippen LogP contribution in [0.25, 0.3) is 11.1 Å². The van der Waals surface area contributed by atoms with Crippen molar-refractivity contribution in [3.8, 4) is 11.1 Å². The summed E-state index contributed by atoms with van der Waals surface area (Å²) < 4.78 is 84.8. The maximum absolute atomic E-state index is 15.4. The molecular formula is C22H25F4N3O3S. The highest BCUT2D eigenvalue weighted by Gasteiger charge is 2.46. The lowest BCUT2D eigenvalue weighted by atomic mass is 9.95. The van der Waals surface area contributed by atoms with Crippen LogP contribution in [0.2, 0.25) is 0 Å². The number of carbonyl (C=O) groups is 1. The van der Waals surface area contributed by atoms with Crippen molar-refractivity contribution < 1.29 is 30.8 Å². The summed E-state index contributed by atoms with van der Waals surface area (Å²) in [5, 5.41) is 0. The van der Waals surface area contributed by atoms with Crippen LogP contribution in [0.3, 0.4) is 0 Å². The molecule has 1 aliphatic heterocycles. The minimum atomic E-state index is -3.83. The van der Waals surface area contributed by atoms with Crippen LogP contribution in [0.4, 0.5) is 22.4 Å². The second-order valence-corrected chi connectivity index (χ2v) is 10.1. The molecule has 0 aliphatic carbocycles. The molecule has 33 heavy (non-hydrogen) atoms. The van der Waals surface area contributed by atoms with Gasteiger partial charge in [0.15, 0.2) is 11.6 Å². The Labute approximate surface area is 190 Å². The first kappa shape index (κ1) is 25.0. The van der Waals surface area contributed by atoms with Crippen LogP contribution in [-0.2, 0) is 16.4 Å². The number of rotatable bonds is 6. The Morgan fingerprint density at radius 2 is 1.70 bits per heavy atom. The molecule has 2 aromatic rings. The highest BCUT2D eigenvalue weighted by Crippen LogP contribution is 2.32. The molecule has 1 N–H and O–H groups in total. The fourth-order valence-electron chi connectivity index (χ4n) is 3.91. The first-order valence-corrected chi connectivity index (χ1v) is 12.0. The highest BCUT2D eigenvalue weighted by molar-refractivity contribution is 7.89. The zero-order valence-electron chi connectivity index (χ0n) is 18.4. The van der Waals surface area contributed by atoms with E-state index >= 15 is 4.39 Å². The van der Waals surface area contributed by atoms with Crippen LogP contribution in [-0.4, -0.2) is 68.9 Å². The SMILES string of the molecule is CCS(=O)(=O)N[C@H]1[C@@H](F)CN(C(=O)N(C)C)[C@H]1Cc1cccc(-c2cccc(F)c2F)c1F. The second kappa shape index (κ2) is 9.68. The lowest BCUT2D eigenvalue weighted by Crippen LogP contribution is -2.51. The standard InChI is InChI=1S/C22H25F4N3O3S/c1-4-33(31,32)27-21-17(24)12-29(22(30)28(2)3)18(21)11-13-7-5-8-14(19(13)25)15-9-6-10-16(23)20(15)26/h5-10,17-18,21,27H,4,11-12H2,1-3H3/t17-,18-,21-/m0/s1. The van der Waals surface area contributed by atoms with Crippen LogP contribution in [0.5, 0.6) is 0 Å². The average molecular weight is 488 g/mol. The van der Waals surface area contributed by atoms with Crippen molar-refractivity contribution in [2.24, 2.45) is 0 Å². The quantitative estimate of drug-likeness (QED) is 0.636. The molecule has 3 rings (SSSR count). The normalized spacial score (nSPS) is 20.8. The van der Waals surface area contributed by atoms with Gasteiger partial charge in [-0.15, -0.1) is 0 Å². The third-order valence-electron chi connectivity index (χ3n) is 5.65. The maximum Gasteiger partial charge on any atom is 0.319 e. The van der Waals surface area contributed by atoms with Gasteiger partial charge < -0.3 is 9.80 Å². The van der Waals surface area contributed by atoms with Gasteiger partial charge in [-0.3, -0.25) is 0 Å². The number of amides is 2. The summed E-state index contributed by atoms with van der Waals surface area (Å²) in [6.45, 7) is 1.01. The Morgan fingerprint density at radius 1 is 1.09 bits per heavy atom. The minimum Gasteiger partial charge on any atom is -0.331 e. The molecular weight excluding hydrogens is 462 g/mol. The van der Waals surface area contributed by atoms with E-state index in [4.69, 9.17) is 0 Å². The maximum atomic E-state index is 15.4. The summed E-state index contributed by atoms with van der Waals surface area (Å²) in [6.07, 6.45) is -1.96. The van der Waals surface area contributed by atoms with Gasteiger partial charge in [-0.05, 0) is 25.0 Å². The molecule has 3 atom stereocenters. The number of nitrogens with one attached hydrogen (secondary N) is 1. The third-order valence-corrected chi connectivity index (χ3v) is 7.04. The summed E-state index contributed by atoms with van der Waals surface area (Å²) in [7, 11) is -0.904. The van der Waals surface area contributed by atoms with Crippen molar-refractivity contribution in [1.29, 1.82) is 0 Å². The van der Waals surface area contributed by atoms with E-state index in [1.165, 1.54) is 56.3 Å². The largest absolute Gasteiger partial charge is 0.331 e. The number of urea groups is 1. The molecule has 0 radical (unpaired) electrons. The molecule has 1 heterocycles. The van der Waals surface area contributed by atoms with Crippen LogP contribution >= 0.6 is 0 Å². The van der Waals surface area contributed by atoms with E-state index in [-0.39, 0.29) is 35.4 Å². The monoisotopic (exact) mass is 487 g/mol. The van der Waals surface area contributed by atoms with E-state index in [0.29, 0.717) is 0 Å². The highest BCUT2D eigenvalue weighted by atomic mass is 32.2. The van der Waals surface area contributed by atoms with Gasteiger partial charge in [0, 0.05) is 25.2 Å². The van der Waals surface area contributed by atoms with Gasteiger partial charge in [-0.2, -0.15) is 0 Å². The molecule has 0 bridgehead atoms. The Bertz CT molecular complexity index is 1140. The number of likely N-dealkylation sites (tertiary alicyclic amines) is 1. The number of nitrogens with zero attached hydrogens (tertiary/aromatic N) is 2. The van der Waals surface area contributed by atoms with Crippen molar-refractivity contribution in [3.05, 3.63) is 59.4 Å². The zero-order chi connectivity index (χ0) is 24.5. The number of carbonyl (C=O) groups excluding carboxylic acids is 1. The van der Waals surface area contributed by atoms with Crippen molar-refractivity contribution in [1.82, 2.24) is 14.5 Å². The topological polar surface area (TPSA) is 69.7 Å². The zero-order valence-corrected chi connectivity index (χ0v) is 19.2. The number of halogens is 4. The molecule has 180 valence electrons. The van der Waals surface area contributed by atoms with Gasteiger partial charge in [0.1, 0.15) is 12.0 Å². The van der Waals surface area contributed by atoms with E-state index in [0.717, 1.165) is 11.0 Å². The summed E-state index contributed by atoms with van der Waals surface area (Å²) in [4.78, 5) is 15.0. The summed E-state index contributed by atoms with van der Waals surface area (Å²) >= 11 is 0. The molecule has 1 aliphatic rings. The molecule has 1 fully saturated rings. The first-order valence-electron chi connectivity index (χ1n) is 10.3. The molecule has 2 aromatic carbocycles. The fraction of sp³-hybridized carbons (Fsp3) is 0.409. The van der Waals surface area contributed by atoms with Crippen molar-refractivity contribution in [2.45, 2.75) is 31.6 Å². The van der Waals surface area contributed by atoms with Crippen LogP contribution in [0.1, 0.15) is 12.5 Å². The van der Waals surface area contributed by atoms with Crippen LogP contribution in [0, 0.1) is 17.5 Å². The number of hydrogen-bond acceptors (Lipinski definition) is 3.